The standard InChI is InChI=1S/C12H16ClN3O/c13-11-10(7-17)12(15-8-14-11)16-9-5-3-1-2-4-6-9/h7-9H,1-6H2,(H,14,15,16). The Morgan fingerprint density at radius 1 is 1.24 bits per heavy atom. The lowest BCUT2D eigenvalue weighted by molar-refractivity contribution is 0.112. The number of nitrogens with one attached hydrogen (secondary N) is 1. The number of aromatic nitrogens is 2. The van der Waals surface area contributed by atoms with Crippen LogP contribution >= 0.6 is 11.6 Å². The number of nitrogens with zero attached hydrogens (tertiary/aromatic N) is 2. The molecule has 1 aliphatic rings. The van der Waals surface area contributed by atoms with E-state index >= 15 is 0 Å². The van der Waals surface area contributed by atoms with Gasteiger partial charge in [-0.2, -0.15) is 0 Å². The molecular weight excluding hydrogens is 238 g/mol. The van der Waals surface area contributed by atoms with Crippen LogP contribution in [0, 0.1) is 0 Å². The third-order valence-electron chi connectivity index (χ3n) is 3.15. The van der Waals surface area contributed by atoms with E-state index in [1.165, 1.54) is 32.0 Å². The molecule has 0 unspecified atom stereocenters. The number of carbonyl (C=O) groups excluding carboxylic acids is 1. The van der Waals surface area contributed by atoms with E-state index in [-0.39, 0.29) is 5.15 Å². The number of hydrogen-bond acceptors (Lipinski definition) is 4. The van der Waals surface area contributed by atoms with Crippen LogP contribution in [0.3, 0.4) is 0 Å². The summed E-state index contributed by atoms with van der Waals surface area (Å²) in [4.78, 5) is 18.9. The van der Waals surface area contributed by atoms with E-state index in [4.69, 9.17) is 11.6 Å². The first-order valence-electron chi connectivity index (χ1n) is 6.03. The lowest BCUT2D eigenvalue weighted by Crippen LogP contribution is -2.20. The number of aldehydes is 1. The molecule has 4 nitrogen and oxygen atoms in total. The molecule has 17 heavy (non-hydrogen) atoms. The molecule has 0 radical (unpaired) electrons. The maximum Gasteiger partial charge on any atom is 0.156 e. The van der Waals surface area contributed by atoms with Crippen molar-refractivity contribution in [1.29, 1.82) is 0 Å². The molecule has 0 spiro atoms. The normalized spacial score (nSPS) is 17.5. The van der Waals surface area contributed by atoms with Crippen LogP contribution in [-0.2, 0) is 0 Å². The van der Waals surface area contributed by atoms with E-state index in [1.54, 1.807) is 0 Å². The van der Waals surface area contributed by atoms with Gasteiger partial charge in [0.15, 0.2) is 6.29 Å². The molecule has 1 saturated carbocycles. The van der Waals surface area contributed by atoms with E-state index < -0.39 is 0 Å². The molecule has 1 aromatic heterocycles. The first-order valence-corrected chi connectivity index (χ1v) is 6.41. The van der Waals surface area contributed by atoms with Gasteiger partial charge < -0.3 is 5.32 Å². The third-order valence-corrected chi connectivity index (χ3v) is 3.45. The second-order valence-electron chi connectivity index (χ2n) is 4.38. The topological polar surface area (TPSA) is 54.9 Å². The molecular formula is C12H16ClN3O. The molecule has 0 atom stereocenters. The zero-order valence-electron chi connectivity index (χ0n) is 9.66. The lowest BCUT2D eigenvalue weighted by atomic mass is 10.1. The van der Waals surface area contributed by atoms with Crippen LogP contribution in [0.15, 0.2) is 6.33 Å². The summed E-state index contributed by atoms with van der Waals surface area (Å²) in [6.45, 7) is 0. The fourth-order valence-electron chi connectivity index (χ4n) is 2.21. The lowest BCUT2D eigenvalue weighted by Gasteiger charge is -2.17. The number of carbonyl (C=O) groups is 1. The fourth-order valence-corrected chi connectivity index (χ4v) is 2.39. The van der Waals surface area contributed by atoms with Crippen molar-refractivity contribution in [2.45, 2.75) is 44.6 Å². The van der Waals surface area contributed by atoms with Gasteiger partial charge in [0.2, 0.25) is 0 Å². The van der Waals surface area contributed by atoms with E-state index in [0.717, 1.165) is 12.8 Å². The molecule has 5 heteroatoms. The highest BCUT2D eigenvalue weighted by atomic mass is 35.5. The Bertz CT molecular complexity index is 389. The van der Waals surface area contributed by atoms with E-state index in [0.29, 0.717) is 23.7 Å². The molecule has 2 rings (SSSR count). The van der Waals surface area contributed by atoms with Crippen LogP contribution in [0.5, 0.6) is 0 Å². The summed E-state index contributed by atoms with van der Waals surface area (Å²) in [6.07, 6.45) is 9.39. The fraction of sp³-hybridized carbons (Fsp3) is 0.583. The summed E-state index contributed by atoms with van der Waals surface area (Å²) in [5, 5.41) is 3.53. The van der Waals surface area contributed by atoms with Crippen LogP contribution in [0.25, 0.3) is 0 Å². The van der Waals surface area contributed by atoms with E-state index in [9.17, 15) is 4.79 Å². The number of rotatable bonds is 3. The van der Waals surface area contributed by atoms with Gasteiger partial charge in [0.1, 0.15) is 17.3 Å². The molecule has 0 amide bonds. The minimum atomic E-state index is 0.214. The predicted octanol–water partition coefficient (Wildman–Crippen LogP) is 3.08. The molecule has 92 valence electrons. The molecule has 0 aliphatic heterocycles. The molecule has 1 N–H and O–H groups in total. The van der Waals surface area contributed by atoms with Gasteiger partial charge in [0.05, 0.1) is 5.56 Å². The highest BCUT2D eigenvalue weighted by Gasteiger charge is 2.15. The molecule has 0 saturated heterocycles. The Morgan fingerprint density at radius 3 is 2.59 bits per heavy atom. The quantitative estimate of drug-likeness (QED) is 0.511. The summed E-state index contributed by atoms with van der Waals surface area (Å²) in [5.41, 5.74) is 0.360. The highest BCUT2D eigenvalue weighted by Crippen LogP contribution is 2.23. The maximum absolute atomic E-state index is 11.0. The van der Waals surface area contributed by atoms with Crippen LogP contribution in [0.4, 0.5) is 5.82 Å². The van der Waals surface area contributed by atoms with Gasteiger partial charge in [0.25, 0.3) is 0 Å². The van der Waals surface area contributed by atoms with Gasteiger partial charge in [-0.15, -0.1) is 0 Å². The predicted molar refractivity (Wildman–Crippen MR) is 67.5 cm³/mol. The Hall–Kier alpha value is -1.16. The molecule has 0 aromatic carbocycles. The van der Waals surface area contributed by atoms with Crippen molar-refractivity contribution in [2.75, 3.05) is 5.32 Å². The van der Waals surface area contributed by atoms with E-state index in [1.807, 2.05) is 0 Å². The largest absolute Gasteiger partial charge is 0.367 e. The molecule has 1 fully saturated rings. The average molecular weight is 254 g/mol. The zero-order chi connectivity index (χ0) is 12.1. The van der Waals surface area contributed by atoms with Crippen LogP contribution in [0.2, 0.25) is 5.15 Å². The summed E-state index contributed by atoms with van der Waals surface area (Å²) in [7, 11) is 0. The van der Waals surface area contributed by atoms with Crippen molar-refractivity contribution in [2.24, 2.45) is 0 Å². The van der Waals surface area contributed by atoms with Crippen LogP contribution in [-0.4, -0.2) is 22.3 Å². The smallest absolute Gasteiger partial charge is 0.156 e. The van der Waals surface area contributed by atoms with Crippen LogP contribution < -0.4 is 5.32 Å². The van der Waals surface area contributed by atoms with Gasteiger partial charge in [-0.1, -0.05) is 37.3 Å². The summed E-state index contributed by atoms with van der Waals surface area (Å²) >= 11 is 5.86. The Kier molecular flexibility index (Phi) is 4.31. The summed E-state index contributed by atoms with van der Waals surface area (Å²) in [5.74, 6) is 0.562. The minimum absolute atomic E-state index is 0.214. The van der Waals surface area contributed by atoms with Crippen molar-refractivity contribution >= 4 is 23.7 Å². The van der Waals surface area contributed by atoms with Gasteiger partial charge in [-0.25, -0.2) is 9.97 Å². The van der Waals surface area contributed by atoms with Crippen LogP contribution in [0.1, 0.15) is 48.9 Å². The number of anilines is 1. The van der Waals surface area contributed by atoms with Gasteiger partial charge >= 0.3 is 0 Å². The van der Waals surface area contributed by atoms with Gasteiger partial charge in [-0.3, -0.25) is 4.79 Å². The van der Waals surface area contributed by atoms with Crippen molar-refractivity contribution in [3.05, 3.63) is 17.0 Å². The Labute approximate surface area is 106 Å². The molecule has 1 aromatic rings. The average Bonchev–Trinajstić information content (AvgIpc) is 2.58. The van der Waals surface area contributed by atoms with Crippen molar-refractivity contribution < 1.29 is 4.79 Å². The first kappa shape index (κ1) is 12.3. The minimum Gasteiger partial charge on any atom is -0.367 e. The Morgan fingerprint density at radius 2 is 1.94 bits per heavy atom. The Balaban J connectivity index is 2.11. The first-order chi connectivity index (χ1) is 8.31. The maximum atomic E-state index is 11.0. The highest BCUT2D eigenvalue weighted by molar-refractivity contribution is 6.32. The summed E-state index contributed by atoms with van der Waals surface area (Å²) < 4.78 is 0. The third kappa shape index (κ3) is 3.16. The van der Waals surface area contributed by atoms with Crippen molar-refractivity contribution in [3.8, 4) is 0 Å². The monoisotopic (exact) mass is 253 g/mol. The SMILES string of the molecule is O=Cc1c(Cl)ncnc1NC1CCCCCC1. The molecule has 1 aliphatic carbocycles. The number of hydrogen-bond donors (Lipinski definition) is 1. The molecule has 1 heterocycles. The molecule has 0 bridgehead atoms. The van der Waals surface area contributed by atoms with Crippen molar-refractivity contribution in [3.63, 3.8) is 0 Å². The van der Waals surface area contributed by atoms with Crippen molar-refractivity contribution in [1.82, 2.24) is 9.97 Å². The van der Waals surface area contributed by atoms with E-state index in [2.05, 4.69) is 15.3 Å². The zero-order valence-corrected chi connectivity index (χ0v) is 10.4. The van der Waals surface area contributed by atoms with Gasteiger partial charge in [0, 0.05) is 6.04 Å². The summed E-state index contributed by atoms with van der Waals surface area (Å²) in [6, 6.07) is 0.391. The number of halogens is 1. The second kappa shape index (κ2) is 5.96. The van der Waals surface area contributed by atoms with Gasteiger partial charge in [-0.05, 0) is 12.8 Å². The second-order valence-corrected chi connectivity index (χ2v) is 4.74.